The molecule has 5 rings (SSSR count). The first-order valence-corrected chi connectivity index (χ1v) is 17.3. The van der Waals surface area contributed by atoms with Gasteiger partial charge in [0, 0.05) is 30.9 Å². The molecule has 1 amide bonds. The summed E-state index contributed by atoms with van der Waals surface area (Å²) in [5.74, 6) is 0.414. The Balaban J connectivity index is 1.25. The van der Waals surface area contributed by atoms with Crippen LogP contribution in [0.25, 0.3) is 22.2 Å². The van der Waals surface area contributed by atoms with Crippen LogP contribution in [0, 0.1) is 11.8 Å². The molecule has 1 atom stereocenters. The Morgan fingerprint density at radius 3 is 2.55 bits per heavy atom. The molecule has 2 aromatic carbocycles. The third-order valence-corrected chi connectivity index (χ3v) is 11.0. The van der Waals surface area contributed by atoms with Crippen LogP contribution in [0.4, 0.5) is 0 Å². The van der Waals surface area contributed by atoms with Crippen LogP contribution >= 0.6 is 11.6 Å². The number of rotatable bonds is 11. The van der Waals surface area contributed by atoms with Gasteiger partial charge in [0.15, 0.2) is 0 Å². The summed E-state index contributed by atoms with van der Waals surface area (Å²) in [6.45, 7) is 6.83. The van der Waals surface area contributed by atoms with Crippen molar-refractivity contribution in [3.8, 4) is 11.3 Å². The van der Waals surface area contributed by atoms with Crippen molar-refractivity contribution >= 4 is 44.9 Å². The lowest BCUT2D eigenvalue weighted by Gasteiger charge is -2.41. The van der Waals surface area contributed by atoms with Gasteiger partial charge in [-0.3, -0.25) is 9.59 Å². The molecule has 0 spiro atoms. The third kappa shape index (κ3) is 6.98. The number of fused-ring (bicyclic) bond motifs is 1. The molecule has 1 saturated carbocycles. The highest BCUT2D eigenvalue weighted by atomic mass is 35.5. The summed E-state index contributed by atoms with van der Waals surface area (Å²) in [5, 5.41) is 1.34. The second kappa shape index (κ2) is 14.0. The molecular formula is C33H42ClN3O6S. The molecule has 1 aliphatic heterocycles. The number of ether oxygens (including phenoxy) is 2. The van der Waals surface area contributed by atoms with E-state index in [4.69, 9.17) is 21.1 Å². The van der Waals surface area contributed by atoms with Gasteiger partial charge in [-0.25, -0.2) is 13.1 Å². The van der Waals surface area contributed by atoms with Gasteiger partial charge in [-0.2, -0.15) is 0 Å². The van der Waals surface area contributed by atoms with Crippen molar-refractivity contribution < 1.29 is 27.5 Å². The Kier molecular flexibility index (Phi) is 10.3. The molecule has 1 saturated heterocycles. The number of nitrogens with zero attached hydrogens (tertiary/aromatic N) is 2. The van der Waals surface area contributed by atoms with E-state index >= 15 is 0 Å². The van der Waals surface area contributed by atoms with E-state index in [1.54, 1.807) is 18.2 Å². The van der Waals surface area contributed by atoms with Crippen LogP contribution in [0.2, 0.25) is 5.02 Å². The van der Waals surface area contributed by atoms with Crippen LogP contribution in [0.1, 0.15) is 51.5 Å². The number of morpholine rings is 1. The summed E-state index contributed by atoms with van der Waals surface area (Å²) in [6, 6.07) is 13.0. The molecule has 2 heterocycles. The molecule has 238 valence electrons. The zero-order valence-electron chi connectivity index (χ0n) is 25.6. The molecule has 2 fully saturated rings. The lowest BCUT2D eigenvalue weighted by atomic mass is 9.85. The van der Waals surface area contributed by atoms with Crippen molar-refractivity contribution in [2.75, 3.05) is 26.4 Å². The fourth-order valence-corrected chi connectivity index (χ4v) is 8.24. The average Bonchev–Trinajstić information content (AvgIpc) is 3.28. The van der Waals surface area contributed by atoms with Crippen LogP contribution in [0.15, 0.2) is 47.4 Å². The van der Waals surface area contributed by atoms with E-state index in [-0.39, 0.29) is 28.8 Å². The van der Waals surface area contributed by atoms with Crippen LogP contribution in [-0.2, 0) is 42.6 Å². The normalized spacial score (nSPS) is 21.1. The van der Waals surface area contributed by atoms with E-state index < -0.39 is 10.0 Å². The van der Waals surface area contributed by atoms with Gasteiger partial charge < -0.3 is 18.9 Å². The number of benzene rings is 2. The first kappa shape index (κ1) is 32.5. The number of sulfonamides is 1. The van der Waals surface area contributed by atoms with Crippen LogP contribution in [-0.4, -0.2) is 68.7 Å². The van der Waals surface area contributed by atoms with Crippen molar-refractivity contribution in [1.82, 2.24) is 14.2 Å². The van der Waals surface area contributed by atoms with E-state index in [0.29, 0.717) is 69.5 Å². The Bertz CT molecular complexity index is 1580. The number of nitrogens with one attached hydrogen (secondary N) is 1. The highest BCUT2D eigenvalue weighted by Gasteiger charge is 2.36. The Morgan fingerprint density at radius 2 is 1.86 bits per heavy atom. The Labute approximate surface area is 264 Å². The number of amides is 1. The van der Waals surface area contributed by atoms with Crippen molar-refractivity contribution in [2.45, 2.75) is 69.4 Å². The predicted molar refractivity (Wildman–Crippen MR) is 171 cm³/mol. The number of aromatic nitrogens is 1. The molecule has 1 N–H and O–H groups in total. The zero-order chi connectivity index (χ0) is 31.4. The van der Waals surface area contributed by atoms with Crippen LogP contribution in [0.3, 0.4) is 0 Å². The largest absolute Gasteiger partial charge is 0.468 e. The Hall–Kier alpha value is -2.92. The molecule has 1 aromatic heterocycles. The smallest absolute Gasteiger partial charge is 0.293 e. The van der Waals surface area contributed by atoms with Gasteiger partial charge in [0.05, 0.1) is 47.0 Å². The number of halogens is 1. The second-order valence-electron chi connectivity index (χ2n) is 12.3. The maximum absolute atomic E-state index is 13.5. The molecule has 44 heavy (non-hydrogen) atoms. The third-order valence-electron chi connectivity index (χ3n) is 9.06. The summed E-state index contributed by atoms with van der Waals surface area (Å²) in [5.41, 5.74) is 3.58. The summed E-state index contributed by atoms with van der Waals surface area (Å²) in [6.07, 6.45) is 4.09. The van der Waals surface area contributed by atoms with E-state index in [1.165, 1.54) is 0 Å². The zero-order valence-corrected chi connectivity index (χ0v) is 27.2. The van der Waals surface area contributed by atoms with Gasteiger partial charge in [0.25, 0.3) is 6.47 Å². The average molecular weight is 644 g/mol. The van der Waals surface area contributed by atoms with Gasteiger partial charge in [-0.1, -0.05) is 49.7 Å². The minimum absolute atomic E-state index is 0.0825. The van der Waals surface area contributed by atoms with E-state index in [2.05, 4.69) is 18.6 Å². The van der Waals surface area contributed by atoms with Gasteiger partial charge >= 0.3 is 0 Å². The van der Waals surface area contributed by atoms with Crippen molar-refractivity contribution in [3.63, 3.8) is 0 Å². The fraction of sp³-hybridized carbons (Fsp3) is 0.515. The van der Waals surface area contributed by atoms with Crippen molar-refractivity contribution in [2.24, 2.45) is 18.9 Å². The predicted octanol–water partition coefficient (Wildman–Crippen LogP) is 5.32. The maximum atomic E-state index is 13.5. The lowest BCUT2D eigenvalue weighted by Crippen LogP contribution is -2.53. The topological polar surface area (TPSA) is 107 Å². The van der Waals surface area contributed by atoms with Crippen LogP contribution < -0.4 is 4.72 Å². The maximum Gasteiger partial charge on any atom is 0.293 e. The first-order chi connectivity index (χ1) is 21.1. The number of hydrogen-bond donors (Lipinski definition) is 1. The van der Waals surface area contributed by atoms with Gasteiger partial charge in [0.1, 0.15) is 0 Å². The monoisotopic (exact) mass is 643 g/mol. The standard InChI is InChI=1S/C33H42ClN3O6S/c1-22(2)30-20-42-18-16-37(30)33(39)25-10-12-26(13-11-25)35-44(40,41)27-14-15-28-29(19-27)36(3)32(31(28)34)24-8-6-23(7-9-24)5-4-17-43-21-38/h6-9,14-15,19,21-22,25-26,30,35H,4-5,10-13,16-18,20H2,1-3H3/t25-,26-,30-/m1/s1. The summed E-state index contributed by atoms with van der Waals surface area (Å²) in [7, 11) is -1.90. The highest BCUT2D eigenvalue weighted by molar-refractivity contribution is 7.89. The minimum Gasteiger partial charge on any atom is -0.468 e. The summed E-state index contributed by atoms with van der Waals surface area (Å²) < 4.78 is 42.2. The number of hydrogen-bond acceptors (Lipinski definition) is 6. The van der Waals surface area contributed by atoms with Gasteiger partial charge in [-0.15, -0.1) is 0 Å². The minimum atomic E-state index is -3.78. The van der Waals surface area contributed by atoms with Crippen molar-refractivity contribution in [1.29, 1.82) is 0 Å². The quantitative estimate of drug-likeness (QED) is 0.224. The SMILES string of the molecule is CC(C)[C@H]1COCCN1C(=O)[C@H]1CC[C@H](NS(=O)(=O)c2ccc3c(Cl)c(-c4ccc(CCCOC=O)cc4)n(C)c3c2)CC1. The van der Waals surface area contributed by atoms with E-state index in [9.17, 15) is 18.0 Å². The first-order valence-electron chi connectivity index (χ1n) is 15.4. The molecule has 2 aliphatic rings. The fourth-order valence-electron chi connectivity index (χ4n) is 6.52. The molecule has 9 nitrogen and oxygen atoms in total. The highest BCUT2D eigenvalue weighted by Crippen LogP contribution is 2.38. The van der Waals surface area contributed by atoms with Crippen LogP contribution in [0.5, 0.6) is 0 Å². The molecule has 1 aliphatic carbocycles. The molecule has 0 unspecified atom stereocenters. The van der Waals surface area contributed by atoms with E-state index in [1.807, 2.05) is 40.8 Å². The summed E-state index contributed by atoms with van der Waals surface area (Å²) >= 11 is 6.83. The number of carbonyl (C=O) groups excluding carboxylic acids is 2. The molecule has 11 heteroatoms. The Morgan fingerprint density at radius 1 is 1.14 bits per heavy atom. The molecule has 3 aromatic rings. The second-order valence-corrected chi connectivity index (χ2v) is 14.3. The molecule has 0 bridgehead atoms. The number of aryl methyl sites for hydroxylation is 2. The van der Waals surface area contributed by atoms with Gasteiger partial charge in [-0.05, 0) is 73.8 Å². The van der Waals surface area contributed by atoms with Crippen molar-refractivity contribution in [3.05, 3.63) is 53.1 Å². The number of carbonyl (C=O) groups is 2. The van der Waals surface area contributed by atoms with E-state index in [0.717, 1.165) is 40.6 Å². The summed E-state index contributed by atoms with van der Waals surface area (Å²) in [4.78, 5) is 25.9. The lowest BCUT2D eigenvalue weighted by molar-refractivity contribution is -0.147. The van der Waals surface area contributed by atoms with Gasteiger partial charge in [0.2, 0.25) is 15.9 Å². The molecular weight excluding hydrogens is 602 g/mol. The molecule has 0 radical (unpaired) electrons.